The number of ketones is 2. The number of methoxy groups -OCH3 is 4. The maximum Gasteiger partial charge on any atom is 0.405 e. The first-order valence-electron chi connectivity index (χ1n) is 34.8. The molecule has 5 aliphatic rings. The number of likely N-dealkylation sites (tertiary alicyclic amines) is 2. The SMILES string of the molecule is C=CCNC1=C2C[C@@H](C)C[C@H](OC)[C@H](O)[C@@H](C)/C=C(\C)[C@H](OC(N)=O)[C@@H](OC)/C=C\C=C(/C)C(=O)NC(=CC1=O)C2=O.C=CC[NH2+]c1c(O)cc2c(O)c1C[C@@H](C)C[C@H](OC)[C@H](O)[C@@H](C)/C=C(\C)[C@H](OC(N)=O)[C@@H](OC)/C=C\C=C(/C)C(=O)N2.CN1CCC(C(=O)Cl)CC1.CN1CCC(C(=O)[O-])CC1.Cl.[Cl-]. The van der Waals surface area contributed by atoms with Gasteiger partial charge in [-0.05, 0) is 160 Å². The number of Topliss-reactive ketones (excluding diaryl/α,β-unsaturated/α-hetero) is 1. The van der Waals surface area contributed by atoms with Crippen LogP contribution < -0.4 is 50.2 Å². The molecule has 4 heterocycles. The maximum atomic E-state index is 13.5. The Balaban J connectivity index is 0.000000823. The van der Waals surface area contributed by atoms with Gasteiger partial charge in [-0.2, -0.15) is 0 Å². The Kier molecular flexibility index (Phi) is 44.4. The number of carbonyl (C=O) groups excluding carboxylic acids is 8. The third kappa shape index (κ3) is 31.0. The Labute approximate surface area is 641 Å². The first-order chi connectivity index (χ1) is 49.1. The number of ether oxygens (including phenoxy) is 6. The average Bonchev–Trinajstić information content (AvgIpc) is 0.850. The zero-order valence-electron chi connectivity index (χ0n) is 63.5. The van der Waals surface area contributed by atoms with Crippen LogP contribution in [-0.2, 0) is 63.6 Å². The number of hydrogen-bond acceptors (Lipinski definition) is 22. The number of fused-ring (bicyclic) bond motifs is 4. The van der Waals surface area contributed by atoms with E-state index in [2.05, 4.69) is 46.0 Å². The van der Waals surface area contributed by atoms with Gasteiger partial charge >= 0.3 is 12.2 Å². The van der Waals surface area contributed by atoms with Gasteiger partial charge in [-0.15, -0.1) is 19.0 Å². The molecule has 594 valence electrons. The number of aliphatic hydroxyl groups excluding tert-OH is 2. The summed E-state index contributed by atoms with van der Waals surface area (Å²) in [4.78, 5) is 101. The van der Waals surface area contributed by atoms with Crippen LogP contribution in [0.3, 0.4) is 0 Å². The second kappa shape index (κ2) is 48.7. The molecule has 106 heavy (non-hydrogen) atoms. The van der Waals surface area contributed by atoms with Crippen LogP contribution >= 0.6 is 24.0 Å². The molecule has 0 radical (unpaired) electrons. The van der Waals surface area contributed by atoms with E-state index in [-0.39, 0.29) is 106 Å². The van der Waals surface area contributed by atoms with Crippen molar-refractivity contribution in [2.24, 2.45) is 47.0 Å². The number of allylic oxidation sites excluding steroid dienone is 6. The minimum Gasteiger partial charge on any atom is -1.00 e. The smallest absolute Gasteiger partial charge is 0.405 e. The number of rotatable bonds is 14. The van der Waals surface area contributed by atoms with Gasteiger partial charge in [0.25, 0.3) is 11.8 Å². The number of aliphatic carboxylic acids is 1. The molecule has 27 nitrogen and oxygen atoms in total. The van der Waals surface area contributed by atoms with Gasteiger partial charge in [-0.25, -0.2) is 9.59 Å². The second-order valence-corrected chi connectivity index (χ2v) is 27.5. The Morgan fingerprint density at radius 3 is 1.56 bits per heavy atom. The molecule has 4 amide bonds. The van der Waals surface area contributed by atoms with Crippen LogP contribution in [0.4, 0.5) is 21.0 Å². The lowest BCUT2D eigenvalue weighted by Gasteiger charge is -2.30. The van der Waals surface area contributed by atoms with E-state index in [1.165, 1.54) is 46.7 Å². The van der Waals surface area contributed by atoms with Crippen LogP contribution in [0.15, 0.2) is 125 Å². The molecule has 0 saturated carbocycles. The first-order valence-corrected chi connectivity index (χ1v) is 35.2. The first kappa shape index (κ1) is 96.5. The monoisotopic (exact) mass is 1550 g/mol. The van der Waals surface area contributed by atoms with Crippen molar-refractivity contribution in [2.75, 3.05) is 87.1 Å². The topological polar surface area (TPSA) is 407 Å². The zero-order chi connectivity index (χ0) is 78.2. The summed E-state index contributed by atoms with van der Waals surface area (Å²) in [6, 6.07) is 1.31. The van der Waals surface area contributed by atoms with E-state index in [4.69, 9.17) is 51.5 Å². The molecular formula is C76H114Cl3N8O19-. The minimum absolute atomic E-state index is 0. The summed E-state index contributed by atoms with van der Waals surface area (Å²) in [5.74, 6) is -4.38. The summed E-state index contributed by atoms with van der Waals surface area (Å²) >= 11 is 5.35. The van der Waals surface area contributed by atoms with E-state index < -0.39 is 102 Å². The quantitative estimate of drug-likeness (QED) is 0.0319. The molecule has 2 saturated heterocycles. The number of amides is 4. The van der Waals surface area contributed by atoms with Gasteiger partial charge in [0.1, 0.15) is 18.0 Å². The normalized spacial score (nSPS) is 28.5. The van der Waals surface area contributed by atoms with Gasteiger partial charge in [-0.3, -0.25) is 24.0 Å². The number of phenolic OH excluding ortho intramolecular Hbond substituents is 2. The number of halogens is 3. The van der Waals surface area contributed by atoms with E-state index in [0.29, 0.717) is 53.8 Å². The van der Waals surface area contributed by atoms with Crippen molar-refractivity contribution in [3.8, 4) is 11.5 Å². The number of nitrogens with two attached hydrogens (primary N) is 3. The van der Waals surface area contributed by atoms with Gasteiger partial charge in [0.15, 0.2) is 23.6 Å². The molecule has 1 aliphatic carbocycles. The molecular weight excluding hydrogens is 1440 g/mol. The Hall–Kier alpha value is -7.51. The number of carboxylic acid groups (broad SMARTS) is 1. The number of aliphatic hydroxyl groups is 2. The van der Waals surface area contributed by atoms with Gasteiger partial charge in [0.2, 0.25) is 16.8 Å². The standard InChI is InChI=1S/C31H45N3O8.C31H43N3O8.C7H12ClNO.C7H13NO2.2ClH/c2*1-8-12-33-26-21-13-17(2)14-25(41-7)27(36)19(4)15-20(5)29(42-31(32)39)24(40-6)11-9-10-18(3)30(38)34-22(28(21)37)16-23(26)35;1-9-4-2-6(3-5-9)7(8)10;1-8-4-2-6(3-5-8)7(9)10;;/h8-11,15-17,19,24-25,27,29,33,35-37H,1,12-14H2,2-7H3,(H2,32,39)(H,34,38);8-11,15-17,19,24-25,27,29,33,36H,1,12-14H2,2-7H3,(H2,32,39)(H,34,38);6H,2-5H2,1H3;6H,2-5H2,1H3,(H,9,10);2*1H/p-1/b2*11-9-,18-10+,20-15+;;;;/t2*17-,19+,24+,25+,27-,29+;;;;/m11..../s1. The number of hydrogen-bond donors (Lipinski definition) is 10. The average molecular weight is 1550 g/mol. The van der Waals surface area contributed by atoms with Crippen LogP contribution in [0, 0.1) is 35.5 Å². The van der Waals surface area contributed by atoms with E-state index in [0.717, 1.165) is 57.9 Å². The van der Waals surface area contributed by atoms with Crippen molar-refractivity contribution in [1.29, 1.82) is 0 Å². The molecule has 1 aromatic rings. The number of carboxylic acids is 1. The Bertz CT molecular complexity index is 3360. The van der Waals surface area contributed by atoms with Crippen molar-refractivity contribution in [2.45, 2.75) is 156 Å². The molecule has 30 heteroatoms. The van der Waals surface area contributed by atoms with Crippen LogP contribution in [0.25, 0.3) is 0 Å². The fourth-order valence-electron chi connectivity index (χ4n) is 12.5. The summed E-state index contributed by atoms with van der Waals surface area (Å²) in [5, 5.41) is 64.7. The maximum absolute atomic E-state index is 13.5. The van der Waals surface area contributed by atoms with Crippen molar-refractivity contribution >= 4 is 82.2 Å². The van der Waals surface area contributed by atoms with Crippen molar-refractivity contribution in [1.82, 2.24) is 20.4 Å². The van der Waals surface area contributed by atoms with E-state index >= 15 is 0 Å². The second-order valence-electron chi connectivity index (χ2n) is 27.1. The summed E-state index contributed by atoms with van der Waals surface area (Å²) < 4.78 is 33.2. The van der Waals surface area contributed by atoms with Crippen molar-refractivity contribution in [3.05, 3.63) is 131 Å². The highest BCUT2D eigenvalue weighted by Crippen LogP contribution is 2.41. The highest BCUT2D eigenvalue weighted by Gasteiger charge is 2.36. The molecule has 2 fully saturated rings. The number of primary amides is 2. The number of anilines is 1. The molecule has 12 atom stereocenters. The predicted molar refractivity (Wildman–Crippen MR) is 402 cm³/mol. The van der Waals surface area contributed by atoms with Gasteiger partial charge in [0, 0.05) is 93.5 Å². The number of nitrogens with one attached hydrogen (secondary N) is 3. The Morgan fingerprint density at radius 2 is 1.15 bits per heavy atom. The molecule has 6 rings (SSSR count). The third-order valence-electron chi connectivity index (χ3n) is 18.7. The number of benzene rings is 1. The zero-order valence-corrected chi connectivity index (χ0v) is 65.9. The summed E-state index contributed by atoms with van der Waals surface area (Å²) in [6.45, 7) is 26.0. The highest BCUT2D eigenvalue weighted by molar-refractivity contribution is 6.64. The molecule has 1 aromatic carbocycles. The Morgan fingerprint density at radius 1 is 0.708 bits per heavy atom. The van der Waals surface area contributed by atoms with Crippen LogP contribution in [0.2, 0.25) is 0 Å². The number of phenols is 2. The van der Waals surface area contributed by atoms with Gasteiger partial charge < -0.3 is 114 Å². The summed E-state index contributed by atoms with van der Waals surface area (Å²) in [5.41, 5.74) is 13.6. The molecule has 0 spiro atoms. The molecule has 4 bridgehead atoms. The van der Waals surface area contributed by atoms with E-state index in [1.54, 1.807) is 88.5 Å². The molecule has 4 aliphatic heterocycles. The third-order valence-corrected chi connectivity index (χ3v) is 19.0. The van der Waals surface area contributed by atoms with Crippen LogP contribution in [0.5, 0.6) is 11.5 Å². The van der Waals surface area contributed by atoms with E-state index in [1.807, 2.05) is 27.8 Å². The summed E-state index contributed by atoms with van der Waals surface area (Å²) in [6.07, 6.45) is 13.5. The fourth-order valence-corrected chi connectivity index (χ4v) is 12.7. The lowest BCUT2D eigenvalue weighted by molar-refractivity contribution is -0.562. The summed E-state index contributed by atoms with van der Waals surface area (Å²) in [7, 11) is 9.95. The van der Waals surface area contributed by atoms with Crippen LogP contribution in [0.1, 0.15) is 106 Å². The predicted octanol–water partition coefficient (Wildman–Crippen LogP) is 3.07. The fraction of sp³-hybridized carbons (Fsp3) is 0.553. The van der Waals surface area contributed by atoms with Gasteiger partial charge in [-0.1, -0.05) is 89.0 Å². The highest BCUT2D eigenvalue weighted by atomic mass is 35.5. The minimum atomic E-state index is -1.00. The lowest BCUT2D eigenvalue weighted by Crippen LogP contribution is -3.00. The molecule has 0 aromatic heterocycles. The molecule has 0 unspecified atom stereocenters. The number of nitrogens with zero attached hydrogens (tertiary/aromatic N) is 2. The van der Waals surface area contributed by atoms with Crippen molar-refractivity contribution in [3.63, 3.8) is 0 Å². The number of aromatic hydroxyl groups is 2. The van der Waals surface area contributed by atoms with Gasteiger partial charge in [0.05, 0.1) is 53.6 Å². The van der Waals surface area contributed by atoms with Crippen molar-refractivity contribution < 1.29 is 110 Å². The van der Waals surface area contributed by atoms with Crippen LogP contribution in [-0.4, -0.2) is 208 Å². The number of carbonyl (C=O) groups is 8. The molecule has 13 N–H and O–H groups in total. The number of piperidine rings is 2. The lowest BCUT2D eigenvalue weighted by atomic mass is 9.85. The number of quaternary nitrogens is 1. The largest absolute Gasteiger partial charge is 1.00 e. The van der Waals surface area contributed by atoms with E-state index in [9.17, 15) is 63.9 Å².